The van der Waals surface area contributed by atoms with Crippen LogP contribution in [0, 0.1) is 6.92 Å². The Balaban J connectivity index is 1.67. The van der Waals surface area contributed by atoms with Crippen molar-refractivity contribution in [3.63, 3.8) is 0 Å². The van der Waals surface area contributed by atoms with Crippen molar-refractivity contribution in [2.24, 2.45) is 0 Å². The van der Waals surface area contributed by atoms with Crippen molar-refractivity contribution in [1.29, 1.82) is 0 Å². The summed E-state index contributed by atoms with van der Waals surface area (Å²) in [7, 11) is 0. The molecule has 1 N–H and O–H groups in total. The second-order valence-corrected chi connectivity index (χ2v) is 7.36. The highest BCUT2D eigenvalue weighted by atomic mass is 32.1. The van der Waals surface area contributed by atoms with Crippen molar-refractivity contribution in [3.8, 4) is 0 Å². The van der Waals surface area contributed by atoms with E-state index in [0.29, 0.717) is 5.54 Å². The molecule has 3 rings (SSSR count). The Labute approximate surface area is 114 Å². The number of nitrogens with zero attached hydrogens (tertiary/aromatic N) is 1. The lowest BCUT2D eigenvalue weighted by molar-refractivity contribution is 0.205. The van der Waals surface area contributed by atoms with Crippen LogP contribution in [0.25, 0.3) is 0 Å². The first kappa shape index (κ1) is 12.6. The van der Waals surface area contributed by atoms with E-state index in [-0.39, 0.29) is 0 Å². The zero-order chi connectivity index (χ0) is 12.4. The summed E-state index contributed by atoms with van der Waals surface area (Å²) in [6, 6.07) is 4.56. The first-order valence-electron chi connectivity index (χ1n) is 7.29. The van der Waals surface area contributed by atoms with Gasteiger partial charge in [0, 0.05) is 28.4 Å². The summed E-state index contributed by atoms with van der Waals surface area (Å²) in [5, 5.41) is 3.84. The highest BCUT2D eigenvalue weighted by Crippen LogP contribution is 2.32. The van der Waals surface area contributed by atoms with E-state index < -0.39 is 0 Å². The van der Waals surface area contributed by atoms with E-state index in [1.807, 2.05) is 11.3 Å². The average Bonchev–Trinajstić information content (AvgIpc) is 2.89. The lowest BCUT2D eigenvalue weighted by Gasteiger charge is -2.33. The average molecular weight is 264 g/mol. The molecule has 0 unspecified atom stereocenters. The molecule has 0 aromatic carbocycles. The quantitative estimate of drug-likeness (QED) is 0.882. The van der Waals surface area contributed by atoms with Gasteiger partial charge in [0.05, 0.1) is 0 Å². The summed E-state index contributed by atoms with van der Waals surface area (Å²) in [6.07, 6.45) is 6.89. The monoisotopic (exact) mass is 264 g/mol. The first-order valence-corrected chi connectivity index (χ1v) is 8.10. The van der Waals surface area contributed by atoms with Crippen LogP contribution in [-0.2, 0) is 6.54 Å². The van der Waals surface area contributed by atoms with Gasteiger partial charge in [-0.3, -0.25) is 4.90 Å². The van der Waals surface area contributed by atoms with Gasteiger partial charge in [-0.25, -0.2) is 0 Å². The van der Waals surface area contributed by atoms with Crippen LogP contribution in [0.15, 0.2) is 12.1 Å². The van der Waals surface area contributed by atoms with Crippen molar-refractivity contribution in [3.05, 3.63) is 21.9 Å². The normalized spacial score (nSPS) is 24.5. The number of rotatable bonds is 2. The maximum atomic E-state index is 3.84. The fourth-order valence-corrected chi connectivity index (χ4v) is 4.46. The van der Waals surface area contributed by atoms with Gasteiger partial charge in [0.2, 0.25) is 0 Å². The molecule has 0 amide bonds. The Morgan fingerprint density at radius 1 is 1.28 bits per heavy atom. The number of thiophene rings is 1. The predicted molar refractivity (Wildman–Crippen MR) is 78.2 cm³/mol. The van der Waals surface area contributed by atoms with Gasteiger partial charge in [-0.2, -0.15) is 0 Å². The molecule has 0 bridgehead atoms. The van der Waals surface area contributed by atoms with E-state index in [9.17, 15) is 0 Å². The minimum atomic E-state index is 0.447. The van der Waals surface area contributed by atoms with Crippen LogP contribution in [0.3, 0.4) is 0 Å². The third-order valence-electron chi connectivity index (χ3n) is 4.41. The minimum Gasteiger partial charge on any atom is -0.310 e. The Hall–Kier alpha value is -0.380. The Morgan fingerprint density at radius 3 is 2.83 bits per heavy atom. The van der Waals surface area contributed by atoms with Crippen molar-refractivity contribution >= 4 is 11.3 Å². The number of hydrogen-bond acceptors (Lipinski definition) is 3. The van der Waals surface area contributed by atoms with Crippen LogP contribution < -0.4 is 5.32 Å². The largest absolute Gasteiger partial charge is 0.310 e. The molecular weight excluding hydrogens is 240 g/mol. The summed E-state index contributed by atoms with van der Waals surface area (Å²) in [5.41, 5.74) is 0.447. The van der Waals surface area contributed by atoms with Crippen molar-refractivity contribution < 1.29 is 0 Å². The Kier molecular flexibility index (Phi) is 3.73. The molecule has 1 aliphatic carbocycles. The van der Waals surface area contributed by atoms with E-state index in [0.717, 1.165) is 6.54 Å². The van der Waals surface area contributed by atoms with Gasteiger partial charge in [-0.15, -0.1) is 11.3 Å². The van der Waals surface area contributed by atoms with Gasteiger partial charge >= 0.3 is 0 Å². The minimum absolute atomic E-state index is 0.447. The van der Waals surface area contributed by atoms with Crippen LogP contribution >= 0.6 is 11.3 Å². The fraction of sp³-hybridized carbons (Fsp3) is 0.733. The fourth-order valence-electron chi connectivity index (χ4n) is 3.53. The smallest absolute Gasteiger partial charge is 0.0328 e. The van der Waals surface area contributed by atoms with Crippen molar-refractivity contribution in [1.82, 2.24) is 10.2 Å². The van der Waals surface area contributed by atoms with Crippen molar-refractivity contribution in [2.75, 3.05) is 19.6 Å². The third-order valence-corrected chi connectivity index (χ3v) is 5.40. The molecule has 1 saturated carbocycles. The molecule has 0 atom stereocenters. The Bertz CT molecular complexity index is 393. The van der Waals surface area contributed by atoms with E-state index in [2.05, 4.69) is 29.3 Å². The van der Waals surface area contributed by atoms with E-state index in [1.165, 1.54) is 61.5 Å². The standard InChI is InChI=1S/C15H24N2S/c1-13-5-6-14(18-13)11-17-10-4-9-16-15(12-17)7-2-3-8-15/h5-6,16H,2-4,7-12H2,1H3. The first-order chi connectivity index (χ1) is 8.76. The Morgan fingerprint density at radius 2 is 2.11 bits per heavy atom. The lowest BCUT2D eigenvalue weighted by atomic mass is 9.97. The van der Waals surface area contributed by atoms with Crippen molar-refractivity contribution in [2.45, 2.75) is 51.1 Å². The van der Waals surface area contributed by atoms with Crippen LogP contribution in [0.5, 0.6) is 0 Å². The van der Waals surface area contributed by atoms with Gasteiger partial charge in [-0.1, -0.05) is 12.8 Å². The second-order valence-electron chi connectivity index (χ2n) is 5.99. The van der Waals surface area contributed by atoms with Gasteiger partial charge in [0.15, 0.2) is 0 Å². The van der Waals surface area contributed by atoms with Gasteiger partial charge in [-0.05, 0) is 51.4 Å². The molecule has 2 nitrogen and oxygen atoms in total. The third kappa shape index (κ3) is 2.79. The molecule has 1 aromatic heterocycles. The zero-order valence-electron chi connectivity index (χ0n) is 11.4. The molecule has 1 spiro atoms. The molecule has 100 valence electrons. The molecule has 2 aliphatic rings. The predicted octanol–water partition coefficient (Wildman–Crippen LogP) is 3.16. The summed E-state index contributed by atoms with van der Waals surface area (Å²) < 4.78 is 0. The number of aryl methyl sites for hydroxylation is 1. The molecule has 2 fully saturated rings. The van der Waals surface area contributed by atoms with Crippen LogP contribution in [-0.4, -0.2) is 30.1 Å². The summed E-state index contributed by atoms with van der Waals surface area (Å²) in [4.78, 5) is 5.65. The van der Waals surface area contributed by atoms with Crippen LogP contribution in [0.2, 0.25) is 0 Å². The maximum Gasteiger partial charge on any atom is 0.0328 e. The highest BCUT2D eigenvalue weighted by Gasteiger charge is 2.36. The molecule has 0 radical (unpaired) electrons. The summed E-state index contributed by atoms with van der Waals surface area (Å²) in [5.74, 6) is 0. The SMILES string of the molecule is Cc1ccc(CN2CCCNC3(CCCC3)C2)s1. The van der Waals surface area contributed by atoms with Gasteiger partial charge in [0.1, 0.15) is 0 Å². The molecule has 1 aromatic rings. The molecule has 18 heavy (non-hydrogen) atoms. The van der Waals surface area contributed by atoms with Crippen LogP contribution in [0.4, 0.5) is 0 Å². The zero-order valence-corrected chi connectivity index (χ0v) is 12.2. The lowest BCUT2D eigenvalue weighted by Crippen LogP contribution is -2.49. The summed E-state index contributed by atoms with van der Waals surface area (Å²) in [6.45, 7) is 7.08. The molecule has 2 heterocycles. The van der Waals surface area contributed by atoms with Gasteiger partial charge < -0.3 is 5.32 Å². The number of hydrogen-bond donors (Lipinski definition) is 1. The van der Waals surface area contributed by atoms with Crippen LogP contribution in [0.1, 0.15) is 41.9 Å². The van der Waals surface area contributed by atoms with E-state index in [4.69, 9.17) is 0 Å². The molecule has 1 aliphatic heterocycles. The van der Waals surface area contributed by atoms with E-state index in [1.54, 1.807) is 0 Å². The summed E-state index contributed by atoms with van der Waals surface area (Å²) >= 11 is 1.96. The second kappa shape index (κ2) is 5.32. The molecular formula is C15H24N2S. The van der Waals surface area contributed by atoms with E-state index >= 15 is 0 Å². The topological polar surface area (TPSA) is 15.3 Å². The number of nitrogens with one attached hydrogen (secondary N) is 1. The molecule has 3 heteroatoms. The maximum absolute atomic E-state index is 3.84. The highest BCUT2D eigenvalue weighted by molar-refractivity contribution is 7.11. The molecule has 1 saturated heterocycles. The van der Waals surface area contributed by atoms with Gasteiger partial charge in [0.25, 0.3) is 0 Å².